The molecule has 1 N–H and O–H groups in total. The first-order valence-corrected chi connectivity index (χ1v) is 8.08. The van der Waals surface area contributed by atoms with E-state index in [9.17, 15) is 61.9 Å². The van der Waals surface area contributed by atoms with Gasteiger partial charge in [-0.25, -0.2) is 0 Å². The zero-order valence-corrected chi connectivity index (χ0v) is 15.6. The van der Waals surface area contributed by atoms with Crippen LogP contribution in [0.4, 0.5) is 62.8 Å². The van der Waals surface area contributed by atoms with Gasteiger partial charge in [0, 0.05) is 5.69 Å². The van der Waals surface area contributed by atoms with E-state index < -0.39 is 53.5 Å². The first kappa shape index (κ1) is 27.6. The Balaban J connectivity index is 3.28. The SMILES string of the molecule is CC(C)Oc1ccc(NC(=O)C(F)(F)C(F)(F)C(F)(F)C(F)(F)C(F)(F)C(F)(F)F)cc1. The second-order valence-electron chi connectivity index (χ2n) is 6.51. The summed E-state index contributed by atoms with van der Waals surface area (Å²) < 4.78 is 174. The largest absolute Gasteiger partial charge is 0.491 e. The van der Waals surface area contributed by atoms with E-state index in [0.29, 0.717) is 0 Å². The minimum atomic E-state index is -8.07. The molecule has 16 heteroatoms. The molecule has 0 aromatic heterocycles. The number of halogens is 13. The normalized spacial score (nSPS) is 14.5. The van der Waals surface area contributed by atoms with Gasteiger partial charge in [-0.2, -0.15) is 57.1 Å². The van der Waals surface area contributed by atoms with Gasteiger partial charge in [-0.05, 0) is 38.1 Å². The van der Waals surface area contributed by atoms with Crippen LogP contribution in [0.25, 0.3) is 0 Å². The molecule has 0 unspecified atom stereocenters. The molecule has 0 aliphatic rings. The second kappa shape index (κ2) is 8.17. The molecule has 0 heterocycles. The van der Waals surface area contributed by atoms with Gasteiger partial charge < -0.3 is 10.1 Å². The summed E-state index contributed by atoms with van der Waals surface area (Å²) >= 11 is 0. The lowest BCUT2D eigenvalue weighted by molar-refractivity contribution is -0.435. The number of anilines is 1. The third kappa shape index (κ3) is 4.40. The minimum Gasteiger partial charge on any atom is -0.491 e. The van der Waals surface area contributed by atoms with Crippen molar-refractivity contribution in [2.45, 2.75) is 55.7 Å². The van der Waals surface area contributed by atoms with Gasteiger partial charge in [-0.15, -0.1) is 0 Å². The average Bonchev–Trinajstić information content (AvgIpc) is 2.61. The third-order valence-corrected chi connectivity index (χ3v) is 3.70. The molecule has 0 bridgehead atoms. The van der Waals surface area contributed by atoms with E-state index in [1.807, 2.05) is 0 Å². The van der Waals surface area contributed by atoms with Crippen LogP contribution in [0.5, 0.6) is 5.75 Å². The zero-order chi connectivity index (χ0) is 25.6. The molecule has 1 rings (SSSR count). The lowest BCUT2D eigenvalue weighted by Crippen LogP contribution is -2.71. The summed E-state index contributed by atoms with van der Waals surface area (Å²) in [5.41, 5.74) is -0.780. The van der Waals surface area contributed by atoms with Crippen LogP contribution >= 0.6 is 0 Å². The number of nitrogens with one attached hydrogen (secondary N) is 1. The van der Waals surface area contributed by atoms with Crippen LogP contribution in [0.15, 0.2) is 24.3 Å². The number of hydrogen-bond donors (Lipinski definition) is 1. The number of amides is 1. The number of rotatable bonds is 8. The Bertz CT molecular complexity index is 816. The van der Waals surface area contributed by atoms with Crippen molar-refractivity contribution >= 4 is 11.6 Å². The molecule has 0 radical (unpaired) electrons. The van der Waals surface area contributed by atoms with Gasteiger partial charge in [0.15, 0.2) is 0 Å². The summed E-state index contributed by atoms with van der Waals surface area (Å²) in [6.07, 6.45) is -7.91. The summed E-state index contributed by atoms with van der Waals surface area (Å²) in [6.45, 7) is 3.13. The van der Waals surface area contributed by atoms with Crippen molar-refractivity contribution in [1.82, 2.24) is 0 Å². The van der Waals surface area contributed by atoms with Crippen molar-refractivity contribution in [2.75, 3.05) is 5.32 Å². The molecule has 0 fully saturated rings. The highest BCUT2D eigenvalue weighted by Gasteiger charge is 2.91. The molecule has 1 aromatic carbocycles. The van der Waals surface area contributed by atoms with E-state index in [-0.39, 0.29) is 5.75 Å². The van der Waals surface area contributed by atoms with Gasteiger partial charge in [0.2, 0.25) is 0 Å². The summed E-state index contributed by atoms with van der Waals surface area (Å²) in [4.78, 5) is 11.4. The maximum atomic E-state index is 13.7. The van der Waals surface area contributed by atoms with Crippen molar-refractivity contribution in [3.63, 3.8) is 0 Å². The highest BCUT2D eigenvalue weighted by molar-refractivity contribution is 5.97. The van der Waals surface area contributed by atoms with E-state index in [0.717, 1.165) is 29.6 Å². The molecule has 0 saturated heterocycles. The average molecular weight is 497 g/mol. The van der Waals surface area contributed by atoms with E-state index in [4.69, 9.17) is 4.74 Å². The molecule has 0 spiro atoms. The third-order valence-electron chi connectivity index (χ3n) is 3.70. The molecule has 1 amide bonds. The standard InChI is InChI=1S/C16H12F13NO2/c1-7(2)32-9-5-3-8(4-6-9)30-10(31)11(17,18)12(19,20)13(21,22)14(23,24)15(25,26)16(27,28)29/h3-7H,1-2H3,(H,30,31). The first-order chi connectivity index (χ1) is 14.0. The molecule has 0 aliphatic carbocycles. The van der Waals surface area contributed by atoms with Gasteiger partial charge in [0.1, 0.15) is 5.75 Å². The molecule has 1 aromatic rings. The summed E-state index contributed by atoms with van der Waals surface area (Å²) in [5, 5.41) is 0.949. The predicted octanol–water partition coefficient (Wildman–Crippen LogP) is 6.15. The van der Waals surface area contributed by atoms with Gasteiger partial charge in [0.25, 0.3) is 0 Å². The molecular formula is C16H12F13NO2. The number of ether oxygens (including phenoxy) is 1. The number of hydrogen-bond acceptors (Lipinski definition) is 2. The lowest BCUT2D eigenvalue weighted by Gasteiger charge is -2.39. The van der Waals surface area contributed by atoms with Crippen molar-refractivity contribution < 1.29 is 66.6 Å². The van der Waals surface area contributed by atoms with Crippen LogP contribution in [0, 0.1) is 0 Å². The Morgan fingerprint density at radius 3 is 1.50 bits per heavy atom. The molecule has 0 atom stereocenters. The molecule has 32 heavy (non-hydrogen) atoms. The zero-order valence-electron chi connectivity index (χ0n) is 15.6. The van der Waals surface area contributed by atoms with E-state index >= 15 is 0 Å². The topological polar surface area (TPSA) is 38.3 Å². The number of carbonyl (C=O) groups is 1. The number of alkyl halides is 13. The van der Waals surface area contributed by atoms with Crippen molar-refractivity contribution in [3.05, 3.63) is 24.3 Å². The minimum absolute atomic E-state index is 0.0654. The number of carbonyl (C=O) groups excluding carboxylic acids is 1. The quantitative estimate of drug-likeness (QED) is 0.438. The van der Waals surface area contributed by atoms with Crippen LogP contribution in [-0.4, -0.2) is 47.8 Å². The lowest BCUT2D eigenvalue weighted by atomic mass is 9.93. The molecule has 0 saturated carbocycles. The molecule has 184 valence electrons. The van der Waals surface area contributed by atoms with Crippen molar-refractivity contribution in [3.8, 4) is 5.75 Å². The Morgan fingerprint density at radius 1 is 0.719 bits per heavy atom. The fourth-order valence-electron chi connectivity index (χ4n) is 2.01. The summed E-state index contributed by atoms with van der Waals surface area (Å²) in [5.74, 6) is -41.8. The Morgan fingerprint density at radius 2 is 1.12 bits per heavy atom. The predicted molar refractivity (Wildman–Crippen MR) is 81.6 cm³/mol. The second-order valence-corrected chi connectivity index (χ2v) is 6.51. The Labute approximate surface area is 170 Å². The smallest absolute Gasteiger partial charge is 0.460 e. The maximum Gasteiger partial charge on any atom is 0.460 e. The monoisotopic (exact) mass is 497 g/mol. The summed E-state index contributed by atoms with van der Waals surface area (Å²) in [7, 11) is 0. The van der Waals surface area contributed by atoms with Crippen molar-refractivity contribution in [1.29, 1.82) is 0 Å². The van der Waals surface area contributed by atoms with Crippen LogP contribution in [-0.2, 0) is 4.79 Å². The Hall–Kier alpha value is -2.42. The van der Waals surface area contributed by atoms with E-state index in [2.05, 4.69) is 0 Å². The first-order valence-electron chi connectivity index (χ1n) is 8.08. The fraction of sp³-hybridized carbons (Fsp3) is 0.562. The molecular weight excluding hydrogens is 485 g/mol. The van der Waals surface area contributed by atoms with Gasteiger partial charge in [0.05, 0.1) is 6.10 Å². The maximum absolute atomic E-state index is 13.7. The molecule has 0 aliphatic heterocycles. The van der Waals surface area contributed by atoms with Crippen LogP contribution < -0.4 is 10.1 Å². The van der Waals surface area contributed by atoms with Crippen LogP contribution in [0.2, 0.25) is 0 Å². The van der Waals surface area contributed by atoms with Gasteiger partial charge in [-0.1, -0.05) is 0 Å². The fourth-order valence-corrected chi connectivity index (χ4v) is 2.01. The van der Waals surface area contributed by atoms with E-state index in [1.54, 1.807) is 13.8 Å². The molecule has 3 nitrogen and oxygen atoms in total. The van der Waals surface area contributed by atoms with Crippen LogP contribution in [0.3, 0.4) is 0 Å². The highest BCUT2D eigenvalue weighted by Crippen LogP contribution is 2.60. The van der Waals surface area contributed by atoms with E-state index in [1.165, 1.54) is 0 Å². The number of benzene rings is 1. The van der Waals surface area contributed by atoms with Crippen LogP contribution in [0.1, 0.15) is 13.8 Å². The highest BCUT2D eigenvalue weighted by atomic mass is 19.4. The van der Waals surface area contributed by atoms with Gasteiger partial charge in [-0.3, -0.25) is 4.79 Å². The Kier molecular flexibility index (Phi) is 7.05. The van der Waals surface area contributed by atoms with Gasteiger partial charge >= 0.3 is 41.7 Å². The summed E-state index contributed by atoms with van der Waals surface area (Å²) in [6, 6.07) is 3.43. The van der Waals surface area contributed by atoms with Crippen molar-refractivity contribution in [2.24, 2.45) is 0 Å².